The normalized spacial score (nSPS) is 24.3. The maximum absolute atomic E-state index is 13.4. The maximum atomic E-state index is 13.4. The number of hydrogen-bond donors (Lipinski definition) is 0. The van der Waals surface area contributed by atoms with Gasteiger partial charge in [-0.3, -0.25) is 14.4 Å². The molecule has 1 unspecified atom stereocenters. The van der Waals surface area contributed by atoms with Gasteiger partial charge in [0.05, 0.1) is 12.0 Å². The number of methoxy groups -OCH3 is 1. The highest BCUT2D eigenvalue weighted by Crippen LogP contribution is 2.45. The Bertz CT molecular complexity index is 1070. The Kier molecular flexibility index (Phi) is 6.36. The lowest BCUT2D eigenvalue weighted by Crippen LogP contribution is -2.55. The van der Waals surface area contributed by atoms with Gasteiger partial charge in [0.2, 0.25) is 10.0 Å². The van der Waals surface area contributed by atoms with Crippen molar-refractivity contribution < 1.29 is 32.3 Å². The summed E-state index contributed by atoms with van der Waals surface area (Å²) in [5.41, 5.74) is -0.00889. The van der Waals surface area contributed by atoms with Crippen LogP contribution in [0.25, 0.3) is 0 Å². The van der Waals surface area contributed by atoms with E-state index in [1.165, 1.54) is 18.3 Å². The second-order valence-electron chi connectivity index (χ2n) is 9.32. The van der Waals surface area contributed by atoms with E-state index < -0.39 is 33.5 Å². The van der Waals surface area contributed by atoms with Crippen LogP contribution < -0.4 is 0 Å². The van der Waals surface area contributed by atoms with E-state index >= 15 is 0 Å². The molecule has 2 aliphatic rings. The van der Waals surface area contributed by atoms with Crippen molar-refractivity contribution in [3.05, 3.63) is 41.5 Å². The van der Waals surface area contributed by atoms with Crippen LogP contribution in [0.2, 0.25) is 0 Å². The summed E-state index contributed by atoms with van der Waals surface area (Å²) < 4.78 is 38.1. The molecule has 1 aromatic rings. The molecule has 0 saturated heterocycles. The van der Waals surface area contributed by atoms with Crippen LogP contribution in [-0.4, -0.2) is 56.7 Å². The molecule has 0 bridgehead atoms. The summed E-state index contributed by atoms with van der Waals surface area (Å²) in [6, 6.07) is 6.69. The molecule has 1 aliphatic heterocycles. The molecule has 1 aliphatic carbocycles. The fraction of sp³-hybridized carbons (Fsp3) is 0.522. The van der Waals surface area contributed by atoms with Gasteiger partial charge in [-0.05, 0) is 28.7 Å². The quantitative estimate of drug-likeness (QED) is 0.498. The largest absolute Gasteiger partial charge is 0.468 e. The number of carbonyl (C=O) groups is 3. The van der Waals surface area contributed by atoms with E-state index in [9.17, 15) is 22.8 Å². The van der Waals surface area contributed by atoms with Gasteiger partial charge in [0, 0.05) is 32.9 Å². The van der Waals surface area contributed by atoms with Crippen LogP contribution >= 0.6 is 0 Å². The predicted molar refractivity (Wildman–Crippen MR) is 116 cm³/mol. The van der Waals surface area contributed by atoms with E-state index in [4.69, 9.17) is 9.47 Å². The summed E-state index contributed by atoms with van der Waals surface area (Å²) in [7, 11) is -2.71. The Morgan fingerprint density at radius 1 is 1.16 bits per heavy atom. The topological polar surface area (TPSA) is 107 Å². The van der Waals surface area contributed by atoms with Crippen molar-refractivity contribution in [2.45, 2.75) is 57.0 Å². The van der Waals surface area contributed by atoms with Crippen LogP contribution in [0.4, 0.5) is 0 Å². The minimum Gasteiger partial charge on any atom is -0.468 e. The molecule has 3 rings (SSSR count). The van der Waals surface area contributed by atoms with Crippen molar-refractivity contribution in [3.63, 3.8) is 0 Å². The molecule has 8 nitrogen and oxygen atoms in total. The van der Waals surface area contributed by atoms with Gasteiger partial charge in [0.25, 0.3) is 0 Å². The van der Waals surface area contributed by atoms with Crippen LogP contribution in [0, 0.1) is 5.41 Å². The van der Waals surface area contributed by atoms with Crippen molar-refractivity contribution in [3.8, 4) is 0 Å². The highest BCUT2D eigenvalue weighted by Gasteiger charge is 2.54. The highest BCUT2D eigenvalue weighted by atomic mass is 32.2. The number of hydrogen-bond acceptors (Lipinski definition) is 7. The lowest BCUT2D eigenvalue weighted by Gasteiger charge is -2.44. The number of benzene rings is 1. The molecule has 2 atom stereocenters. The smallest absolute Gasteiger partial charge is 0.317 e. The van der Waals surface area contributed by atoms with Crippen molar-refractivity contribution in [2.24, 2.45) is 5.41 Å². The average molecular weight is 464 g/mol. The lowest BCUT2D eigenvalue weighted by atomic mass is 9.67. The Morgan fingerprint density at radius 2 is 1.78 bits per heavy atom. The number of Topliss-reactive ketones (excluding diaryl/α,β-unsaturated/α-hetero) is 1. The van der Waals surface area contributed by atoms with Gasteiger partial charge in [-0.15, -0.1) is 0 Å². The highest BCUT2D eigenvalue weighted by molar-refractivity contribution is 7.89. The zero-order valence-corrected chi connectivity index (χ0v) is 19.8. The Balaban J connectivity index is 1.98. The predicted octanol–water partition coefficient (Wildman–Crippen LogP) is 2.37. The molecule has 1 heterocycles. The molecule has 1 aromatic carbocycles. The van der Waals surface area contributed by atoms with Crippen LogP contribution in [0.5, 0.6) is 0 Å². The molecule has 0 radical (unpaired) electrons. The standard InChI is InChI=1S/C23H29NO7S/c1-15(25)31-20-13-23(21(27)30-5)14-24(11-10-17(23)12-19(20)26)32(28,29)18-8-6-16(7-9-18)22(2,3)4/h6-10,20H,11-14H2,1-5H3/t20?,23-/m0/s1. The first-order chi connectivity index (χ1) is 14.8. The summed E-state index contributed by atoms with van der Waals surface area (Å²) >= 11 is 0. The van der Waals surface area contributed by atoms with Gasteiger partial charge >= 0.3 is 11.9 Å². The average Bonchev–Trinajstić information content (AvgIpc) is 2.72. The van der Waals surface area contributed by atoms with E-state index in [0.29, 0.717) is 5.57 Å². The third kappa shape index (κ3) is 4.36. The van der Waals surface area contributed by atoms with Gasteiger partial charge in [0.1, 0.15) is 5.41 Å². The van der Waals surface area contributed by atoms with E-state index in [1.54, 1.807) is 30.3 Å². The monoisotopic (exact) mass is 463 g/mol. The second kappa shape index (κ2) is 8.44. The fourth-order valence-corrected chi connectivity index (χ4v) is 5.72. The van der Waals surface area contributed by atoms with E-state index in [-0.39, 0.29) is 42.0 Å². The maximum Gasteiger partial charge on any atom is 0.317 e. The van der Waals surface area contributed by atoms with Crippen molar-refractivity contribution in [2.75, 3.05) is 20.2 Å². The number of sulfonamides is 1. The number of esters is 2. The molecular weight excluding hydrogens is 434 g/mol. The molecule has 0 aromatic heterocycles. The minimum absolute atomic E-state index is 0.0307. The van der Waals surface area contributed by atoms with E-state index in [0.717, 1.165) is 5.56 Å². The number of nitrogens with zero attached hydrogens (tertiary/aromatic N) is 1. The minimum atomic E-state index is -3.92. The number of fused-ring (bicyclic) bond motifs is 1. The number of rotatable bonds is 4. The molecule has 1 fully saturated rings. The number of ether oxygens (including phenoxy) is 2. The first-order valence-electron chi connectivity index (χ1n) is 10.4. The van der Waals surface area contributed by atoms with Gasteiger partial charge in [-0.25, -0.2) is 8.42 Å². The second-order valence-corrected chi connectivity index (χ2v) is 11.3. The molecule has 9 heteroatoms. The van der Waals surface area contributed by atoms with Crippen LogP contribution in [0.3, 0.4) is 0 Å². The Morgan fingerprint density at radius 3 is 2.31 bits per heavy atom. The Hall–Kier alpha value is -2.52. The van der Waals surface area contributed by atoms with Gasteiger partial charge < -0.3 is 9.47 Å². The van der Waals surface area contributed by atoms with Crippen LogP contribution in [-0.2, 0) is 39.3 Å². The number of ketones is 1. The van der Waals surface area contributed by atoms with Crippen molar-refractivity contribution in [1.82, 2.24) is 4.31 Å². The molecule has 1 saturated carbocycles. The summed E-state index contributed by atoms with van der Waals surface area (Å²) in [4.78, 5) is 36.9. The first kappa shape index (κ1) is 24.1. The van der Waals surface area contributed by atoms with Crippen LogP contribution in [0.15, 0.2) is 40.8 Å². The Labute approximate surface area is 188 Å². The summed E-state index contributed by atoms with van der Waals surface area (Å²) in [5, 5.41) is 0. The molecule has 174 valence electrons. The molecule has 0 spiro atoms. The fourth-order valence-electron chi connectivity index (χ4n) is 4.28. The van der Waals surface area contributed by atoms with Crippen molar-refractivity contribution in [1.29, 1.82) is 0 Å². The zero-order chi connectivity index (χ0) is 23.9. The van der Waals surface area contributed by atoms with E-state index in [1.807, 2.05) is 20.8 Å². The van der Waals surface area contributed by atoms with Gasteiger partial charge in [-0.2, -0.15) is 4.31 Å². The molecular formula is C23H29NO7S. The van der Waals surface area contributed by atoms with Gasteiger partial charge in [0.15, 0.2) is 11.9 Å². The third-order valence-corrected chi connectivity index (χ3v) is 7.93. The first-order valence-corrected chi connectivity index (χ1v) is 11.8. The zero-order valence-electron chi connectivity index (χ0n) is 19.0. The van der Waals surface area contributed by atoms with E-state index in [2.05, 4.69) is 0 Å². The molecule has 0 amide bonds. The van der Waals surface area contributed by atoms with Gasteiger partial charge in [-0.1, -0.05) is 39.0 Å². The SMILES string of the molecule is COC(=O)[C@]12CC(OC(C)=O)C(=O)CC1=CCN(S(=O)(=O)c1ccc(C(C)(C)C)cc1)C2. The summed E-state index contributed by atoms with van der Waals surface area (Å²) in [5.74, 6) is -1.62. The number of carbonyl (C=O) groups excluding carboxylic acids is 3. The lowest BCUT2D eigenvalue weighted by molar-refractivity contribution is -0.164. The third-order valence-electron chi connectivity index (χ3n) is 6.10. The molecule has 32 heavy (non-hydrogen) atoms. The molecule has 0 N–H and O–H groups in total. The summed E-state index contributed by atoms with van der Waals surface area (Å²) in [6.07, 6.45) is 0.223. The summed E-state index contributed by atoms with van der Waals surface area (Å²) in [6.45, 7) is 7.14. The van der Waals surface area contributed by atoms with Crippen molar-refractivity contribution >= 4 is 27.7 Å². The van der Waals surface area contributed by atoms with Crippen LogP contribution in [0.1, 0.15) is 46.1 Å².